The van der Waals surface area contributed by atoms with Crippen LogP contribution in [0.2, 0.25) is 10.0 Å². The second kappa shape index (κ2) is 7.40. The highest BCUT2D eigenvalue weighted by molar-refractivity contribution is 8.26. The zero-order valence-corrected chi connectivity index (χ0v) is 19.1. The number of hydrogen-bond donors (Lipinski definition) is 2. The highest BCUT2D eigenvalue weighted by Gasteiger charge is 2.55. The van der Waals surface area contributed by atoms with Gasteiger partial charge < -0.3 is 5.11 Å². The molecule has 4 aliphatic carbocycles. The lowest BCUT2D eigenvalue weighted by Gasteiger charge is -2.55. The average Bonchev–Trinajstić information content (AvgIpc) is 2.92. The van der Waals surface area contributed by atoms with Crippen molar-refractivity contribution in [1.82, 2.24) is 10.4 Å². The molecule has 1 saturated heterocycles. The largest absolute Gasteiger partial charge is 0.505 e. The number of halogens is 2. The quantitative estimate of drug-likeness (QED) is 0.460. The number of hydrazine groups is 1. The van der Waals surface area contributed by atoms with E-state index in [2.05, 4.69) is 5.43 Å². The minimum atomic E-state index is -0.372. The van der Waals surface area contributed by atoms with Gasteiger partial charge in [0.25, 0.3) is 5.91 Å². The molecule has 1 aromatic carbocycles. The number of phenolic OH excluding ortho intramolecular Hbond substituents is 1. The maximum atomic E-state index is 13.3. The molecule has 158 valence electrons. The fraction of sp³-hybridized carbons (Fsp3) is 0.476. The molecule has 30 heavy (non-hydrogen) atoms. The second-order valence-corrected chi connectivity index (χ2v) is 11.5. The van der Waals surface area contributed by atoms with Gasteiger partial charge >= 0.3 is 0 Å². The van der Waals surface area contributed by atoms with E-state index in [1.54, 1.807) is 6.08 Å². The number of nitrogens with one attached hydrogen (secondary N) is 1. The van der Waals surface area contributed by atoms with Gasteiger partial charge in [0, 0.05) is 0 Å². The van der Waals surface area contributed by atoms with Crippen molar-refractivity contribution in [3.8, 4) is 5.75 Å². The first-order valence-electron chi connectivity index (χ1n) is 10.0. The van der Waals surface area contributed by atoms with Crippen LogP contribution < -0.4 is 5.43 Å². The number of thioether (sulfide) groups is 1. The van der Waals surface area contributed by atoms with E-state index in [-0.39, 0.29) is 33.0 Å². The normalized spacial score (nSPS) is 33.6. The Kier molecular flexibility index (Phi) is 5.08. The summed E-state index contributed by atoms with van der Waals surface area (Å²) in [4.78, 5) is 26.6. The Bertz CT molecular complexity index is 952. The maximum Gasteiger partial charge on any atom is 0.285 e. The van der Waals surface area contributed by atoms with Crippen LogP contribution >= 0.6 is 47.2 Å². The number of phenols is 1. The van der Waals surface area contributed by atoms with Crippen LogP contribution in [0.15, 0.2) is 17.0 Å². The number of benzene rings is 1. The lowest BCUT2D eigenvalue weighted by molar-refractivity contribution is -0.152. The van der Waals surface area contributed by atoms with Crippen LogP contribution in [-0.2, 0) is 9.59 Å². The fourth-order valence-corrected chi connectivity index (χ4v) is 7.68. The summed E-state index contributed by atoms with van der Waals surface area (Å²) in [5.41, 5.74) is 3.04. The van der Waals surface area contributed by atoms with Crippen molar-refractivity contribution >= 4 is 69.4 Å². The van der Waals surface area contributed by atoms with E-state index in [4.69, 9.17) is 35.4 Å². The summed E-state index contributed by atoms with van der Waals surface area (Å²) in [6, 6.07) is 3.03. The minimum Gasteiger partial charge on any atom is -0.505 e. The van der Waals surface area contributed by atoms with Gasteiger partial charge in [-0.2, -0.15) is 5.01 Å². The Labute approximate surface area is 194 Å². The number of thiocarbonyl (C=S) groups is 1. The zero-order chi connectivity index (χ0) is 21.2. The molecule has 0 spiro atoms. The van der Waals surface area contributed by atoms with Gasteiger partial charge in [-0.1, -0.05) is 35.0 Å². The van der Waals surface area contributed by atoms with E-state index < -0.39 is 0 Å². The van der Waals surface area contributed by atoms with Gasteiger partial charge in [-0.15, -0.1) is 0 Å². The molecule has 1 aromatic rings. The molecular weight excluding hydrogens is 463 g/mol. The minimum absolute atomic E-state index is 0.0742. The Hall–Kier alpha value is -1.28. The van der Waals surface area contributed by atoms with Crippen molar-refractivity contribution in [1.29, 1.82) is 0 Å². The lowest BCUT2D eigenvalue weighted by atomic mass is 9.49. The molecule has 4 saturated carbocycles. The van der Waals surface area contributed by atoms with Gasteiger partial charge in [0.15, 0.2) is 10.1 Å². The van der Waals surface area contributed by atoms with Gasteiger partial charge in [-0.3, -0.25) is 15.0 Å². The van der Waals surface area contributed by atoms with Gasteiger partial charge in [0.1, 0.15) is 0 Å². The number of aromatic hydroxyl groups is 1. The number of carbonyl (C=O) groups is 2. The molecular formula is C21H20Cl2N2O3S2. The summed E-state index contributed by atoms with van der Waals surface area (Å²) in [6.07, 6.45) is 8.09. The summed E-state index contributed by atoms with van der Waals surface area (Å²) in [5.74, 6) is 1.26. The average molecular weight is 483 g/mol. The van der Waals surface area contributed by atoms with Crippen LogP contribution in [0.25, 0.3) is 6.08 Å². The van der Waals surface area contributed by atoms with Crippen molar-refractivity contribution in [3.63, 3.8) is 0 Å². The third-order valence-electron chi connectivity index (χ3n) is 6.86. The molecule has 0 radical (unpaired) electrons. The maximum absolute atomic E-state index is 13.3. The van der Waals surface area contributed by atoms with Crippen LogP contribution in [0, 0.1) is 23.2 Å². The molecule has 0 aromatic heterocycles. The number of carbonyl (C=O) groups excluding carboxylic acids is 2. The zero-order valence-electron chi connectivity index (χ0n) is 16.0. The van der Waals surface area contributed by atoms with Crippen LogP contribution in [0.4, 0.5) is 0 Å². The monoisotopic (exact) mass is 482 g/mol. The molecule has 4 bridgehead atoms. The van der Waals surface area contributed by atoms with E-state index in [0.29, 0.717) is 32.5 Å². The highest BCUT2D eigenvalue weighted by Crippen LogP contribution is 2.60. The molecule has 9 heteroatoms. The predicted octanol–water partition coefficient (Wildman–Crippen LogP) is 5.15. The van der Waals surface area contributed by atoms with Crippen LogP contribution in [0.5, 0.6) is 5.75 Å². The van der Waals surface area contributed by atoms with Crippen molar-refractivity contribution in [2.75, 3.05) is 0 Å². The van der Waals surface area contributed by atoms with Crippen LogP contribution in [-0.4, -0.2) is 26.3 Å². The molecule has 5 aliphatic rings. The van der Waals surface area contributed by atoms with Crippen molar-refractivity contribution < 1.29 is 14.7 Å². The lowest BCUT2D eigenvalue weighted by Crippen LogP contribution is -2.57. The van der Waals surface area contributed by atoms with E-state index in [1.165, 1.54) is 36.4 Å². The SMILES string of the molecule is O=C1/C(=C/c2cc(Cl)c(O)c(Cl)c2)SC(=S)N1NC(=O)C12CC3CC(CC(C3)C1)C2. The Morgan fingerprint density at radius 3 is 2.23 bits per heavy atom. The second-order valence-electron chi connectivity index (χ2n) is 8.99. The van der Waals surface area contributed by atoms with E-state index in [0.717, 1.165) is 31.0 Å². The molecule has 6 rings (SSSR count). The standard InChI is InChI=1S/C21H20Cl2N2O3S2/c22-14-4-10(5-15(23)17(14)26)6-16-18(27)25(20(29)30-16)24-19(28)21-7-11-1-12(8-21)3-13(2-11)9-21/h4-6,11-13,26H,1-3,7-9H2,(H,24,28)/b16-6-. The molecule has 1 aliphatic heterocycles. The summed E-state index contributed by atoms with van der Waals surface area (Å²) >= 11 is 18.4. The molecule has 1 heterocycles. The molecule has 5 nitrogen and oxygen atoms in total. The van der Waals surface area contributed by atoms with Gasteiger partial charge in [0.05, 0.1) is 20.4 Å². The van der Waals surface area contributed by atoms with Crippen molar-refractivity contribution in [2.45, 2.75) is 38.5 Å². The molecule has 0 atom stereocenters. The number of hydrogen-bond acceptors (Lipinski definition) is 5. The van der Waals surface area contributed by atoms with Crippen molar-refractivity contribution in [3.05, 3.63) is 32.6 Å². The number of rotatable bonds is 3. The molecule has 0 unspecified atom stereocenters. The van der Waals surface area contributed by atoms with Crippen molar-refractivity contribution in [2.24, 2.45) is 23.2 Å². The molecule has 2 N–H and O–H groups in total. The first kappa shape index (κ1) is 20.6. The van der Waals surface area contributed by atoms with Gasteiger partial charge in [-0.25, -0.2) is 0 Å². The first-order valence-corrected chi connectivity index (χ1v) is 12.0. The Balaban J connectivity index is 1.34. The van der Waals surface area contributed by atoms with Crippen LogP contribution in [0.1, 0.15) is 44.1 Å². The topological polar surface area (TPSA) is 69.6 Å². The van der Waals surface area contributed by atoms with Crippen LogP contribution in [0.3, 0.4) is 0 Å². The van der Waals surface area contributed by atoms with E-state index >= 15 is 0 Å². The molecule has 5 fully saturated rings. The van der Waals surface area contributed by atoms with Gasteiger partial charge in [0.2, 0.25) is 5.91 Å². The highest BCUT2D eigenvalue weighted by atomic mass is 35.5. The Morgan fingerprint density at radius 1 is 1.17 bits per heavy atom. The summed E-state index contributed by atoms with van der Waals surface area (Å²) in [5, 5.41) is 11.1. The predicted molar refractivity (Wildman–Crippen MR) is 122 cm³/mol. The van der Waals surface area contributed by atoms with E-state index in [1.807, 2.05) is 0 Å². The fourth-order valence-electron chi connectivity index (χ4n) is 5.99. The van der Waals surface area contributed by atoms with E-state index in [9.17, 15) is 14.7 Å². The summed E-state index contributed by atoms with van der Waals surface area (Å²) < 4.78 is 0.292. The number of nitrogens with zero attached hydrogens (tertiary/aromatic N) is 1. The third kappa shape index (κ3) is 3.44. The summed E-state index contributed by atoms with van der Waals surface area (Å²) in [7, 11) is 0. The molecule has 2 amide bonds. The summed E-state index contributed by atoms with van der Waals surface area (Å²) in [6.45, 7) is 0. The first-order chi connectivity index (χ1) is 14.2. The smallest absolute Gasteiger partial charge is 0.285 e. The Morgan fingerprint density at radius 2 is 1.70 bits per heavy atom. The number of amides is 2. The van der Waals surface area contributed by atoms with Gasteiger partial charge in [-0.05, 0) is 92.3 Å². The third-order valence-corrected chi connectivity index (χ3v) is 8.74.